The fraction of sp³-hybridized carbons (Fsp3) is 0.222. The number of carbonyl (C=O) groups is 2. The second kappa shape index (κ2) is 12.7. The molecule has 1 aliphatic rings. The number of Topliss-reactive ketones (excluding diaryl/α,β-unsaturated/α-hetero) is 2. The number of benzene rings is 4. The minimum atomic E-state index is -0.162. The largest absolute Gasteiger partial charge is 0.507 e. The Morgan fingerprint density at radius 2 is 0.886 bits per heavy atom. The van der Waals surface area contributed by atoms with Crippen molar-refractivity contribution in [3.63, 3.8) is 0 Å². The number of ketones is 2. The van der Waals surface area contributed by atoms with E-state index in [4.69, 9.17) is 20.0 Å². The lowest BCUT2D eigenvalue weighted by Gasteiger charge is -2.18. The first-order valence-corrected chi connectivity index (χ1v) is 14.1. The summed E-state index contributed by atoms with van der Waals surface area (Å²) in [6, 6.07) is 21.6. The number of hydrogen-bond acceptors (Lipinski definition) is 8. The van der Waals surface area contributed by atoms with Gasteiger partial charge in [-0.3, -0.25) is 9.59 Å². The number of rotatable bonds is 6. The summed E-state index contributed by atoms with van der Waals surface area (Å²) in [7, 11) is 0. The normalized spacial score (nSPS) is 12.0. The van der Waals surface area contributed by atoms with Crippen molar-refractivity contribution >= 4 is 11.6 Å². The number of nitriles is 2. The van der Waals surface area contributed by atoms with Crippen molar-refractivity contribution in [2.75, 3.05) is 13.2 Å². The predicted octanol–water partition coefficient (Wildman–Crippen LogP) is 5.98. The van der Waals surface area contributed by atoms with E-state index in [1.807, 2.05) is 24.3 Å². The van der Waals surface area contributed by atoms with Crippen molar-refractivity contribution in [1.82, 2.24) is 0 Å². The van der Waals surface area contributed by atoms with E-state index in [1.165, 1.54) is 13.8 Å². The average Bonchev–Trinajstić information content (AvgIpc) is 2.98. The molecule has 44 heavy (non-hydrogen) atoms. The molecule has 0 fully saturated rings. The summed E-state index contributed by atoms with van der Waals surface area (Å²) in [6.45, 7) is 2.63. The molecule has 1 aliphatic carbocycles. The standard InChI is InChI=1S/C36H30N2O6/c1-21(39)27-17-29-9-23-7-25(15-33(13-23)43-5-3-37)11-31-19-28(22(2)40)20-32(36(31)42)12-26-8-24(10-30(18-27)35(29)41)14-34(16-26)44-6-4-38/h7-8,13-20,41-42H,5-6,9-12H2,1-2H3. The highest BCUT2D eigenvalue weighted by molar-refractivity contribution is 5.95. The molecule has 0 saturated carbocycles. The number of aromatic hydroxyl groups is 2. The third-order valence-electron chi connectivity index (χ3n) is 7.59. The minimum Gasteiger partial charge on any atom is -0.507 e. The number of ether oxygens (including phenoxy) is 2. The van der Waals surface area contributed by atoms with E-state index in [0.29, 0.717) is 44.9 Å². The van der Waals surface area contributed by atoms with Crippen LogP contribution in [0.3, 0.4) is 0 Å². The van der Waals surface area contributed by atoms with Crippen molar-refractivity contribution in [2.24, 2.45) is 0 Å². The molecule has 0 saturated heterocycles. The molecule has 0 aromatic heterocycles. The Hall–Kier alpha value is -5.60. The van der Waals surface area contributed by atoms with Crippen LogP contribution < -0.4 is 9.47 Å². The van der Waals surface area contributed by atoms with Crippen molar-refractivity contribution < 1.29 is 29.3 Å². The Balaban J connectivity index is 1.75. The second-order valence-electron chi connectivity index (χ2n) is 11.0. The molecule has 0 spiro atoms. The zero-order chi connectivity index (χ0) is 31.4. The molecule has 0 radical (unpaired) electrons. The van der Waals surface area contributed by atoms with Gasteiger partial charge in [0.1, 0.15) is 35.1 Å². The van der Waals surface area contributed by atoms with Gasteiger partial charge in [0.05, 0.1) is 0 Å². The van der Waals surface area contributed by atoms with E-state index in [9.17, 15) is 19.8 Å². The van der Waals surface area contributed by atoms with Crippen LogP contribution in [0.4, 0.5) is 0 Å². The van der Waals surface area contributed by atoms with Crippen molar-refractivity contribution in [3.05, 3.63) is 116 Å². The molecule has 8 nitrogen and oxygen atoms in total. The molecule has 8 bridgehead atoms. The monoisotopic (exact) mass is 586 g/mol. The van der Waals surface area contributed by atoms with Gasteiger partial charge >= 0.3 is 0 Å². The predicted molar refractivity (Wildman–Crippen MR) is 163 cm³/mol. The van der Waals surface area contributed by atoms with Crippen LogP contribution in [0, 0.1) is 22.7 Å². The fourth-order valence-corrected chi connectivity index (χ4v) is 5.61. The molecule has 0 heterocycles. The molecular formula is C36H30N2O6. The zero-order valence-electron chi connectivity index (χ0n) is 24.4. The first-order chi connectivity index (χ1) is 21.1. The van der Waals surface area contributed by atoms with Crippen molar-refractivity contribution in [1.29, 1.82) is 10.5 Å². The summed E-state index contributed by atoms with van der Waals surface area (Å²) < 4.78 is 11.3. The Kier molecular flexibility index (Phi) is 8.64. The Bertz CT molecular complexity index is 1650. The quantitative estimate of drug-likeness (QED) is 0.231. The van der Waals surface area contributed by atoms with Crippen LogP contribution in [0.15, 0.2) is 60.7 Å². The lowest BCUT2D eigenvalue weighted by Crippen LogP contribution is -2.05. The third-order valence-corrected chi connectivity index (χ3v) is 7.59. The second-order valence-corrected chi connectivity index (χ2v) is 11.0. The Morgan fingerprint density at radius 1 is 0.591 bits per heavy atom. The average molecular weight is 587 g/mol. The van der Waals surface area contributed by atoms with Crippen LogP contribution in [-0.2, 0) is 25.7 Å². The first kappa shape index (κ1) is 29.9. The Morgan fingerprint density at radius 3 is 1.14 bits per heavy atom. The van der Waals surface area contributed by atoms with Gasteiger partial charge in [-0.15, -0.1) is 0 Å². The number of phenolic OH excluding ortho intramolecular Hbond substituents is 2. The van der Waals surface area contributed by atoms with Crippen LogP contribution in [0.2, 0.25) is 0 Å². The summed E-state index contributed by atoms with van der Waals surface area (Å²) >= 11 is 0. The van der Waals surface area contributed by atoms with Gasteiger partial charge in [-0.25, -0.2) is 0 Å². The molecular weight excluding hydrogens is 556 g/mol. The molecule has 220 valence electrons. The minimum absolute atomic E-state index is 0.0610. The zero-order valence-corrected chi connectivity index (χ0v) is 24.4. The first-order valence-electron chi connectivity index (χ1n) is 14.1. The number of hydrogen-bond donors (Lipinski definition) is 2. The van der Waals surface area contributed by atoms with E-state index < -0.39 is 0 Å². The van der Waals surface area contributed by atoms with Gasteiger partial charge in [0, 0.05) is 36.8 Å². The highest BCUT2D eigenvalue weighted by atomic mass is 16.5. The van der Waals surface area contributed by atoms with Gasteiger partial charge in [0.25, 0.3) is 0 Å². The van der Waals surface area contributed by atoms with Gasteiger partial charge in [-0.1, -0.05) is 12.1 Å². The van der Waals surface area contributed by atoms with Crippen LogP contribution in [0.5, 0.6) is 23.0 Å². The summed E-state index contributed by atoms with van der Waals surface area (Å²) in [5.74, 6) is 0.734. The van der Waals surface area contributed by atoms with Gasteiger partial charge in [-0.05, 0) is 107 Å². The molecule has 0 aliphatic heterocycles. The lowest BCUT2D eigenvalue weighted by atomic mass is 9.90. The van der Waals surface area contributed by atoms with Crippen LogP contribution in [0.25, 0.3) is 0 Å². The van der Waals surface area contributed by atoms with E-state index in [0.717, 1.165) is 22.3 Å². The maximum Gasteiger partial charge on any atom is 0.174 e. The van der Waals surface area contributed by atoms with E-state index >= 15 is 0 Å². The number of fused-ring (bicyclic) bond motifs is 8. The molecule has 5 rings (SSSR count). The highest BCUT2D eigenvalue weighted by Gasteiger charge is 2.19. The van der Waals surface area contributed by atoms with Crippen LogP contribution >= 0.6 is 0 Å². The van der Waals surface area contributed by atoms with E-state index in [2.05, 4.69) is 0 Å². The lowest BCUT2D eigenvalue weighted by molar-refractivity contribution is 0.100. The summed E-state index contributed by atoms with van der Waals surface area (Å²) in [5, 5.41) is 41.1. The van der Waals surface area contributed by atoms with E-state index in [1.54, 1.807) is 48.5 Å². The summed E-state index contributed by atoms with van der Waals surface area (Å²) in [6.07, 6.45) is 1.05. The topological polar surface area (TPSA) is 141 Å². The van der Waals surface area contributed by atoms with Gasteiger partial charge in [-0.2, -0.15) is 10.5 Å². The fourth-order valence-electron chi connectivity index (χ4n) is 5.61. The molecule has 0 atom stereocenters. The van der Waals surface area contributed by atoms with Crippen LogP contribution in [-0.4, -0.2) is 35.0 Å². The smallest absolute Gasteiger partial charge is 0.174 e. The summed E-state index contributed by atoms with van der Waals surface area (Å²) in [5.41, 5.74) is 6.16. The molecule has 0 amide bonds. The van der Waals surface area contributed by atoms with E-state index in [-0.39, 0.29) is 62.0 Å². The molecule has 0 unspecified atom stereocenters. The molecule has 4 aromatic rings. The number of carbonyl (C=O) groups excluding carboxylic acids is 2. The highest BCUT2D eigenvalue weighted by Crippen LogP contribution is 2.35. The SMILES string of the molecule is CC(=O)c1cc2c(O)c(c1)Cc1cc(cc(OCC#N)c1)Cc1cc(C(C)=O)cc(c1O)Cc1cc(cc(OCC#N)c1)C2. The third kappa shape index (κ3) is 6.72. The van der Waals surface area contributed by atoms with Crippen LogP contribution in [0.1, 0.15) is 79.1 Å². The maximum atomic E-state index is 12.5. The van der Waals surface area contributed by atoms with Crippen molar-refractivity contribution in [2.45, 2.75) is 39.5 Å². The Labute approximate surface area is 255 Å². The number of phenols is 2. The van der Waals surface area contributed by atoms with Gasteiger partial charge in [0.15, 0.2) is 24.8 Å². The molecule has 2 N–H and O–H groups in total. The van der Waals surface area contributed by atoms with Crippen molar-refractivity contribution in [3.8, 4) is 35.1 Å². The molecule has 8 heteroatoms. The number of nitrogens with zero attached hydrogens (tertiary/aromatic N) is 2. The van der Waals surface area contributed by atoms with Gasteiger partial charge < -0.3 is 19.7 Å². The maximum absolute atomic E-state index is 12.5. The summed E-state index contributed by atoms with van der Waals surface area (Å²) in [4.78, 5) is 25.1. The molecule has 4 aromatic carbocycles. The van der Waals surface area contributed by atoms with Gasteiger partial charge in [0.2, 0.25) is 0 Å².